The zero-order valence-corrected chi connectivity index (χ0v) is 20.2. The van der Waals surface area contributed by atoms with Crippen LogP contribution in [0.3, 0.4) is 0 Å². The van der Waals surface area contributed by atoms with E-state index >= 15 is 0 Å². The minimum absolute atomic E-state index is 0.00111. The Balaban J connectivity index is 1.77. The van der Waals surface area contributed by atoms with E-state index in [9.17, 15) is 14.4 Å². The first-order valence-electron chi connectivity index (χ1n) is 11.7. The van der Waals surface area contributed by atoms with Gasteiger partial charge in [-0.1, -0.05) is 25.4 Å². The number of ether oxygens (including phenoxy) is 2. The van der Waals surface area contributed by atoms with Crippen molar-refractivity contribution in [2.75, 3.05) is 39.5 Å². The van der Waals surface area contributed by atoms with E-state index in [2.05, 4.69) is 10.6 Å². The van der Waals surface area contributed by atoms with Crippen LogP contribution in [0.5, 0.6) is 5.75 Å². The molecule has 1 aromatic carbocycles. The Morgan fingerprint density at radius 1 is 1.18 bits per heavy atom. The summed E-state index contributed by atoms with van der Waals surface area (Å²) in [6.45, 7) is 6.23. The Morgan fingerprint density at radius 3 is 2.67 bits per heavy atom. The molecule has 182 valence electrons. The molecule has 1 atom stereocenters. The number of carbonyl (C=O) groups is 3. The standard InChI is InChI=1S/C24H34ClN3O5/c1-16(2)20-15-33-21-6-5-18(25)13-19(21)23(30)26-9-3-4-10-28(14-22(29)27-20)24(31)17-7-11-32-12-8-17/h5-6,13,16-17,20H,3-4,7-12,14-15H2,1-2H3,(H,26,30)(H,27,29)/t20-/m0/s1. The zero-order chi connectivity index (χ0) is 23.8. The van der Waals surface area contributed by atoms with Crippen LogP contribution in [-0.2, 0) is 14.3 Å². The van der Waals surface area contributed by atoms with Crippen molar-refractivity contribution in [3.63, 3.8) is 0 Å². The maximum atomic E-state index is 13.1. The van der Waals surface area contributed by atoms with Gasteiger partial charge in [0.05, 0.1) is 18.2 Å². The van der Waals surface area contributed by atoms with E-state index in [0.29, 0.717) is 68.3 Å². The molecule has 2 N–H and O–H groups in total. The second-order valence-electron chi connectivity index (χ2n) is 8.98. The van der Waals surface area contributed by atoms with E-state index in [-0.39, 0.29) is 48.8 Å². The highest BCUT2D eigenvalue weighted by Gasteiger charge is 2.28. The SMILES string of the molecule is CC(C)[C@@H]1COc2ccc(Cl)cc2C(=O)NCCCCN(C(=O)C2CCOCC2)CC(=O)N1. The number of hydrogen-bond donors (Lipinski definition) is 2. The van der Waals surface area contributed by atoms with Gasteiger partial charge in [0.1, 0.15) is 12.4 Å². The highest BCUT2D eigenvalue weighted by Crippen LogP contribution is 2.24. The van der Waals surface area contributed by atoms with Crippen LogP contribution in [0.2, 0.25) is 5.02 Å². The number of amides is 3. The molecular weight excluding hydrogens is 446 g/mol. The van der Waals surface area contributed by atoms with Crippen molar-refractivity contribution in [3.05, 3.63) is 28.8 Å². The molecule has 9 heteroatoms. The van der Waals surface area contributed by atoms with Crippen molar-refractivity contribution in [1.82, 2.24) is 15.5 Å². The van der Waals surface area contributed by atoms with Crippen LogP contribution in [0.4, 0.5) is 0 Å². The number of nitrogens with zero attached hydrogens (tertiary/aromatic N) is 1. The van der Waals surface area contributed by atoms with Crippen LogP contribution < -0.4 is 15.4 Å². The maximum absolute atomic E-state index is 13.1. The second kappa shape index (κ2) is 12.2. The number of rotatable bonds is 2. The average Bonchev–Trinajstić information content (AvgIpc) is 2.81. The molecule has 8 nitrogen and oxygen atoms in total. The summed E-state index contributed by atoms with van der Waals surface area (Å²) in [5.74, 6) is -0.0735. The number of benzene rings is 1. The topological polar surface area (TPSA) is 97.0 Å². The molecule has 1 aromatic rings. The molecule has 3 amide bonds. The Kier molecular flexibility index (Phi) is 9.38. The predicted molar refractivity (Wildman–Crippen MR) is 125 cm³/mol. The molecule has 2 heterocycles. The summed E-state index contributed by atoms with van der Waals surface area (Å²) in [7, 11) is 0. The van der Waals surface area contributed by atoms with Gasteiger partial charge in [0, 0.05) is 37.2 Å². The van der Waals surface area contributed by atoms with Gasteiger partial charge >= 0.3 is 0 Å². The number of fused-ring (bicyclic) bond motifs is 1. The lowest BCUT2D eigenvalue weighted by atomic mass is 9.98. The largest absolute Gasteiger partial charge is 0.491 e. The van der Waals surface area contributed by atoms with Crippen LogP contribution in [0.15, 0.2) is 18.2 Å². The third kappa shape index (κ3) is 7.33. The summed E-state index contributed by atoms with van der Waals surface area (Å²) < 4.78 is 11.3. The van der Waals surface area contributed by atoms with E-state index < -0.39 is 0 Å². The molecule has 0 saturated carbocycles. The van der Waals surface area contributed by atoms with E-state index in [1.807, 2.05) is 13.8 Å². The maximum Gasteiger partial charge on any atom is 0.255 e. The van der Waals surface area contributed by atoms with Crippen molar-refractivity contribution >= 4 is 29.3 Å². The molecule has 1 fully saturated rings. The molecule has 0 unspecified atom stereocenters. The predicted octanol–water partition coefficient (Wildman–Crippen LogP) is 2.64. The Hall–Kier alpha value is -2.32. The van der Waals surface area contributed by atoms with Crippen molar-refractivity contribution in [2.24, 2.45) is 11.8 Å². The smallest absolute Gasteiger partial charge is 0.255 e. The zero-order valence-electron chi connectivity index (χ0n) is 19.4. The summed E-state index contributed by atoms with van der Waals surface area (Å²) in [4.78, 5) is 40.4. The fourth-order valence-corrected chi connectivity index (χ4v) is 4.18. The van der Waals surface area contributed by atoms with E-state index in [1.54, 1.807) is 23.1 Å². The molecule has 2 aliphatic heterocycles. The highest BCUT2D eigenvalue weighted by molar-refractivity contribution is 6.31. The van der Waals surface area contributed by atoms with Gasteiger partial charge in [0.15, 0.2) is 0 Å². The lowest BCUT2D eigenvalue weighted by Gasteiger charge is -2.30. The summed E-state index contributed by atoms with van der Waals surface area (Å²) in [6.07, 6.45) is 2.71. The summed E-state index contributed by atoms with van der Waals surface area (Å²) in [6, 6.07) is 4.64. The number of nitrogens with one attached hydrogen (secondary N) is 2. The van der Waals surface area contributed by atoms with Crippen LogP contribution in [0.1, 0.15) is 49.9 Å². The fraction of sp³-hybridized carbons (Fsp3) is 0.625. The lowest BCUT2D eigenvalue weighted by Crippen LogP contribution is -2.49. The van der Waals surface area contributed by atoms with Crippen molar-refractivity contribution in [1.29, 1.82) is 0 Å². The first kappa shape index (κ1) is 25.3. The lowest BCUT2D eigenvalue weighted by molar-refractivity contribution is -0.142. The normalized spacial score (nSPS) is 21.8. The van der Waals surface area contributed by atoms with Crippen LogP contribution >= 0.6 is 11.6 Å². The van der Waals surface area contributed by atoms with Gasteiger partial charge in [-0.15, -0.1) is 0 Å². The molecule has 33 heavy (non-hydrogen) atoms. The average molecular weight is 480 g/mol. The minimum Gasteiger partial charge on any atom is -0.491 e. The Labute approximate surface area is 200 Å². The first-order valence-corrected chi connectivity index (χ1v) is 12.1. The van der Waals surface area contributed by atoms with Gasteiger partial charge in [-0.2, -0.15) is 0 Å². The minimum atomic E-state index is -0.283. The van der Waals surface area contributed by atoms with Crippen LogP contribution in [0, 0.1) is 11.8 Å². The van der Waals surface area contributed by atoms with E-state index in [4.69, 9.17) is 21.1 Å². The first-order chi connectivity index (χ1) is 15.8. The summed E-state index contributed by atoms with van der Waals surface area (Å²) in [5, 5.41) is 6.37. The molecular formula is C24H34ClN3O5. The number of carbonyl (C=O) groups excluding carboxylic acids is 3. The van der Waals surface area contributed by atoms with Crippen molar-refractivity contribution in [3.8, 4) is 5.75 Å². The molecule has 0 radical (unpaired) electrons. The van der Waals surface area contributed by atoms with Gasteiger partial charge in [-0.3, -0.25) is 14.4 Å². The Bertz CT molecular complexity index is 841. The van der Waals surface area contributed by atoms with Crippen LogP contribution in [0.25, 0.3) is 0 Å². The molecule has 0 spiro atoms. The molecule has 1 saturated heterocycles. The van der Waals surface area contributed by atoms with Gasteiger partial charge in [0.2, 0.25) is 11.8 Å². The molecule has 0 bridgehead atoms. The van der Waals surface area contributed by atoms with Gasteiger partial charge in [-0.25, -0.2) is 0 Å². The summed E-state index contributed by atoms with van der Waals surface area (Å²) >= 11 is 6.11. The molecule has 0 aliphatic carbocycles. The van der Waals surface area contributed by atoms with Crippen LogP contribution in [-0.4, -0.2) is 68.1 Å². The van der Waals surface area contributed by atoms with E-state index in [0.717, 1.165) is 0 Å². The third-order valence-corrected chi connectivity index (χ3v) is 6.35. The number of hydrogen-bond acceptors (Lipinski definition) is 5. The van der Waals surface area contributed by atoms with E-state index in [1.165, 1.54) is 0 Å². The highest BCUT2D eigenvalue weighted by atomic mass is 35.5. The quantitative estimate of drug-likeness (QED) is 0.679. The third-order valence-electron chi connectivity index (χ3n) is 6.11. The molecule has 2 aliphatic rings. The molecule has 0 aromatic heterocycles. The molecule has 3 rings (SSSR count). The van der Waals surface area contributed by atoms with Crippen molar-refractivity contribution in [2.45, 2.75) is 45.6 Å². The van der Waals surface area contributed by atoms with Gasteiger partial charge in [0.25, 0.3) is 5.91 Å². The second-order valence-corrected chi connectivity index (χ2v) is 9.42. The van der Waals surface area contributed by atoms with Crippen molar-refractivity contribution < 1.29 is 23.9 Å². The number of halogens is 1. The van der Waals surface area contributed by atoms with Gasteiger partial charge < -0.3 is 25.0 Å². The van der Waals surface area contributed by atoms with Gasteiger partial charge in [-0.05, 0) is 49.8 Å². The Morgan fingerprint density at radius 2 is 1.94 bits per heavy atom. The fourth-order valence-electron chi connectivity index (χ4n) is 4.01. The summed E-state index contributed by atoms with van der Waals surface area (Å²) in [5.41, 5.74) is 0.363. The monoisotopic (exact) mass is 479 g/mol.